The molecular weight excluding hydrogens is 424 g/mol. The second kappa shape index (κ2) is 10.1. The lowest BCUT2D eigenvalue weighted by Crippen LogP contribution is -2.29. The molecule has 1 N–H and O–H groups in total. The monoisotopic (exact) mass is 446 g/mol. The Bertz CT molecular complexity index is 787. The van der Waals surface area contributed by atoms with Crippen molar-refractivity contribution in [2.45, 2.75) is 19.3 Å². The number of piperidine rings is 1. The summed E-state index contributed by atoms with van der Waals surface area (Å²) in [6.07, 6.45) is 3.72. The zero-order valence-electron chi connectivity index (χ0n) is 15.5. The molecular formula is C21H23BrN2O4. The summed E-state index contributed by atoms with van der Waals surface area (Å²) in [5.74, 6) is -0.431. The van der Waals surface area contributed by atoms with E-state index in [0.29, 0.717) is 11.4 Å². The third-order valence-corrected chi connectivity index (χ3v) is 4.94. The van der Waals surface area contributed by atoms with Gasteiger partial charge in [0.2, 0.25) is 0 Å². The molecule has 2 aromatic carbocycles. The average molecular weight is 447 g/mol. The van der Waals surface area contributed by atoms with Gasteiger partial charge in [0.1, 0.15) is 5.75 Å². The number of carbonyl (C=O) groups is 2. The summed E-state index contributed by atoms with van der Waals surface area (Å²) < 4.78 is 11.2. The lowest BCUT2D eigenvalue weighted by Gasteiger charge is -2.28. The third-order valence-electron chi connectivity index (χ3n) is 4.41. The Labute approximate surface area is 172 Å². The first-order chi connectivity index (χ1) is 13.6. The van der Waals surface area contributed by atoms with Gasteiger partial charge in [0, 0.05) is 28.9 Å². The van der Waals surface area contributed by atoms with Crippen molar-refractivity contribution < 1.29 is 19.1 Å². The van der Waals surface area contributed by atoms with E-state index in [1.807, 2.05) is 36.4 Å². The van der Waals surface area contributed by atoms with Crippen LogP contribution < -0.4 is 15.0 Å². The highest BCUT2D eigenvalue weighted by Gasteiger charge is 2.12. The van der Waals surface area contributed by atoms with E-state index < -0.39 is 5.97 Å². The normalized spacial score (nSPS) is 13.7. The molecule has 1 amide bonds. The number of hydrogen-bond donors (Lipinski definition) is 1. The topological polar surface area (TPSA) is 67.9 Å². The van der Waals surface area contributed by atoms with Gasteiger partial charge in [-0.2, -0.15) is 0 Å². The molecule has 1 fully saturated rings. The zero-order chi connectivity index (χ0) is 19.8. The number of rotatable bonds is 7. The lowest BCUT2D eigenvalue weighted by molar-refractivity contribution is -0.149. The van der Waals surface area contributed by atoms with E-state index in [9.17, 15) is 9.59 Å². The molecule has 3 rings (SSSR count). The summed E-state index contributed by atoms with van der Waals surface area (Å²) in [6.45, 7) is 1.55. The first kappa shape index (κ1) is 20.2. The van der Waals surface area contributed by atoms with Crippen molar-refractivity contribution >= 4 is 39.2 Å². The molecule has 28 heavy (non-hydrogen) atoms. The Morgan fingerprint density at radius 1 is 0.929 bits per heavy atom. The molecule has 0 bridgehead atoms. The number of nitrogens with one attached hydrogen (secondary N) is 1. The molecule has 0 radical (unpaired) electrons. The number of nitrogens with zero attached hydrogens (tertiary/aromatic N) is 1. The molecule has 1 aliphatic heterocycles. The van der Waals surface area contributed by atoms with Gasteiger partial charge in [-0.15, -0.1) is 0 Å². The molecule has 1 aliphatic rings. The van der Waals surface area contributed by atoms with Gasteiger partial charge >= 0.3 is 5.97 Å². The highest BCUT2D eigenvalue weighted by Crippen LogP contribution is 2.21. The van der Waals surface area contributed by atoms with Gasteiger partial charge in [0.25, 0.3) is 5.91 Å². The molecule has 0 unspecified atom stereocenters. The predicted octanol–water partition coefficient (Wildman–Crippen LogP) is 4.00. The summed E-state index contributed by atoms with van der Waals surface area (Å²) in [7, 11) is 0. The van der Waals surface area contributed by atoms with Crippen molar-refractivity contribution in [3.05, 3.63) is 53.0 Å². The first-order valence-electron chi connectivity index (χ1n) is 9.29. The average Bonchev–Trinajstić information content (AvgIpc) is 2.73. The largest absolute Gasteiger partial charge is 0.482 e. The third kappa shape index (κ3) is 6.27. The number of esters is 1. The number of anilines is 2. The van der Waals surface area contributed by atoms with Crippen LogP contribution in [0.15, 0.2) is 53.0 Å². The van der Waals surface area contributed by atoms with Crippen molar-refractivity contribution in [2.75, 3.05) is 36.5 Å². The van der Waals surface area contributed by atoms with Gasteiger partial charge in [-0.05, 0) is 67.8 Å². The van der Waals surface area contributed by atoms with Crippen LogP contribution in [-0.2, 0) is 14.3 Å². The molecule has 2 aromatic rings. The van der Waals surface area contributed by atoms with Gasteiger partial charge in [0.15, 0.2) is 13.2 Å². The quantitative estimate of drug-likeness (QED) is 0.650. The maximum absolute atomic E-state index is 12.0. The number of halogens is 1. The van der Waals surface area contributed by atoms with Crippen molar-refractivity contribution in [3.8, 4) is 5.75 Å². The van der Waals surface area contributed by atoms with Crippen LogP contribution in [0.3, 0.4) is 0 Å². The highest BCUT2D eigenvalue weighted by atomic mass is 79.9. The van der Waals surface area contributed by atoms with Crippen molar-refractivity contribution in [1.29, 1.82) is 0 Å². The van der Waals surface area contributed by atoms with Crippen molar-refractivity contribution in [2.24, 2.45) is 0 Å². The van der Waals surface area contributed by atoms with E-state index in [0.717, 1.165) is 23.2 Å². The van der Waals surface area contributed by atoms with Gasteiger partial charge in [-0.25, -0.2) is 4.79 Å². The van der Waals surface area contributed by atoms with E-state index in [1.54, 1.807) is 12.1 Å². The molecule has 0 atom stereocenters. The van der Waals surface area contributed by atoms with Crippen LogP contribution in [0.2, 0.25) is 0 Å². The number of carbonyl (C=O) groups excluding carboxylic acids is 2. The highest BCUT2D eigenvalue weighted by molar-refractivity contribution is 9.10. The van der Waals surface area contributed by atoms with Crippen LogP contribution in [0, 0.1) is 0 Å². The number of amides is 1. The summed E-state index contributed by atoms with van der Waals surface area (Å²) in [4.78, 5) is 26.0. The fourth-order valence-electron chi connectivity index (χ4n) is 2.97. The molecule has 6 nitrogen and oxygen atoms in total. The molecule has 0 aliphatic carbocycles. The second-order valence-corrected chi connectivity index (χ2v) is 7.46. The Kier molecular flexibility index (Phi) is 7.31. The summed E-state index contributed by atoms with van der Waals surface area (Å²) in [5.41, 5.74) is 1.84. The smallest absolute Gasteiger partial charge is 0.344 e. The molecule has 0 aromatic heterocycles. The lowest BCUT2D eigenvalue weighted by atomic mass is 10.1. The van der Waals surface area contributed by atoms with Crippen LogP contribution >= 0.6 is 15.9 Å². The SMILES string of the molecule is O=C(COC(=O)COc1ccc(Br)cc1)Nc1ccc(N2CCCCC2)cc1. The Morgan fingerprint density at radius 2 is 1.61 bits per heavy atom. The molecule has 1 heterocycles. The molecule has 0 saturated carbocycles. The van der Waals surface area contributed by atoms with E-state index in [2.05, 4.69) is 26.1 Å². The predicted molar refractivity (Wildman–Crippen MR) is 112 cm³/mol. The molecule has 7 heteroatoms. The second-order valence-electron chi connectivity index (χ2n) is 6.55. The maximum Gasteiger partial charge on any atom is 0.344 e. The maximum atomic E-state index is 12.0. The van der Waals surface area contributed by atoms with E-state index >= 15 is 0 Å². The molecule has 1 saturated heterocycles. The minimum absolute atomic E-state index is 0.251. The Morgan fingerprint density at radius 3 is 2.29 bits per heavy atom. The minimum atomic E-state index is -0.599. The Hall–Kier alpha value is -2.54. The number of benzene rings is 2. The molecule has 0 spiro atoms. The first-order valence-corrected chi connectivity index (χ1v) is 10.1. The van der Waals surface area contributed by atoms with Crippen molar-refractivity contribution in [3.63, 3.8) is 0 Å². The summed E-state index contributed by atoms with van der Waals surface area (Å²) >= 11 is 3.32. The van der Waals surface area contributed by atoms with Crippen LogP contribution in [0.5, 0.6) is 5.75 Å². The Balaban J connectivity index is 1.38. The van der Waals surface area contributed by atoms with Gasteiger partial charge in [-0.3, -0.25) is 4.79 Å². The van der Waals surface area contributed by atoms with Gasteiger partial charge < -0.3 is 19.7 Å². The van der Waals surface area contributed by atoms with Crippen LogP contribution in [0.1, 0.15) is 19.3 Å². The number of ether oxygens (including phenoxy) is 2. The fraction of sp³-hybridized carbons (Fsp3) is 0.333. The standard InChI is InChI=1S/C21H23BrN2O4/c22-16-4-10-19(11-5-16)27-15-21(26)28-14-20(25)23-17-6-8-18(9-7-17)24-12-2-1-3-13-24/h4-11H,1-3,12-15H2,(H,23,25). The summed E-state index contributed by atoms with van der Waals surface area (Å²) in [5, 5.41) is 2.73. The van der Waals surface area contributed by atoms with Gasteiger partial charge in [0.05, 0.1) is 0 Å². The number of hydrogen-bond acceptors (Lipinski definition) is 5. The minimum Gasteiger partial charge on any atom is -0.482 e. The zero-order valence-corrected chi connectivity index (χ0v) is 17.1. The fourth-order valence-corrected chi connectivity index (χ4v) is 3.23. The molecule has 148 valence electrons. The van der Waals surface area contributed by atoms with Gasteiger partial charge in [-0.1, -0.05) is 15.9 Å². The van der Waals surface area contributed by atoms with E-state index in [4.69, 9.17) is 9.47 Å². The van der Waals surface area contributed by atoms with Crippen LogP contribution in [0.4, 0.5) is 11.4 Å². The van der Waals surface area contributed by atoms with E-state index in [-0.39, 0.29) is 19.1 Å². The van der Waals surface area contributed by atoms with Crippen LogP contribution in [0.25, 0.3) is 0 Å². The van der Waals surface area contributed by atoms with Crippen molar-refractivity contribution in [1.82, 2.24) is 0 Å². The van der Waals surface area contributed by atoms with Crippen LogP contribution in [-0.4, -0.2) is 38.2 Å². The van der Waals surface area contributed by atoms with E-state index in [1.165, 1.54) is 19.3 Å². The summed E-state index contributed by atoms with van der Waals surface area (Å²) in [6, 6.07) is 14.8.